The maximum atomic E-state index is 11.4. The number of aryl methyl sites for hydroxylation is 1. The first-order valence-corrected chi connectivity index (χ1v) is 7.94. The van der Waals surface area contributed by atoms with Crippen molar-refractivity contribution >= 4 is 33.6 Å². The predicted octanol–water partition coefficient (Wildman–Crippen LogP) is 3.63. The largest absolute Gasteiger partial charge is 0.444 e. The molecule has 1 heterocycles. The van der Waals surface area contributed by atoms with Crippen LogP contribution in [-0.4, -0.2) is 24.1 Å². The van der Waals surface area contributed by atoms with Crippen LogP contribution in [0.2, 0.25) is 0 Å². The summed E-state index contributed by atoms with van der Waals surface area (Å²) < 4.78 is 5.66. The molecule has 1 aromatic carbocycles. The van der Waals surface area contributed by atoms with E-state index >= 15 is 0 Å². The summed E-state index contributed by atoms with van der Waals surface area (Å²) in [5, 5.41) is 0. The minimum absolute atomic E-state index is 0.133. The summed E-state index contributed by atoms with van der Waals surface area (Å²) in [7, 11) is 0. The van der Waals surface area contributed by atoms with Gasteiger partial charge in [-0.1, -0.05) is 15.9 Å². The first-order chi connectivity index (χ1) is 10.1. The van der Waals surface area contributed by atoms with Gasteiger partial charge in [0.25, 0.3) is 0 Å². The molecule has 122 valence electrons. The monoisotopic (exact) mass is 370 g/mol. The second-order valence-corrected chi connectivity index (χ2v) is 7.00. The summed E-state index contributed by atoms with van der Waals surface area (Å²) in [4.78, 5) is 23.2. The maximum Gasteiger partial charge on any atom is 0.405 e. The molecule has 6 heteroatoms. The molecular formula is C16H23BrN2O3. The Balaban J connectivity index is 0.000000261. The van der Waals surface area contributed by atoms with E-state index in [2.05, 4.69) is 26.7 Å². The number of amides is 2. The van der Waals surface area contributed by atoms with Gasteiger partial charge in [-0.05, 0) is 57.4 Å². The van der Waals surface area contributed by atoms with E-state index in [4.69, 9.17) is 5.73 Å². The number of nitrogens with two attached hydrogens (primary N) is 1. The van der Waals surface area contributed by atoms with Crippen LogP contribution in [0.1, 0.15) is 39.7 Å². The van der Waals surface area contributed by atoms with Gasteiger partial charge in [0.1, 0.15) is 5.60 Å². The first kappa shape index (κ1) is 18.5. The van der Waals surface area contributed by atoms with E-state index in [9.17, 15) is 9.59 Å². The molecule has 2 N–H and O–H groups in total. The van der Waals surface area contributed by atoms with Crippen LogP contribution in [0.3, 0.4) is 0 Å². The van der Waals surface area contributed by atoms with Crippen LogP contribution >= 0.6 is 15.9 Å². The smallest absolute Gasteiger partial charge is 0.405 e. The number of fused-ring (bicyclic) bond motifs is 1. The number of anilines is 1. The van der Waals surface area contributed by atoms with Crippen molar-refractivity contribution in [1.82, 2.24) is 0 Å². The van der Waals surface area contributed by atoms with Crippen molar-refractivity contribution in [3.63, 3.8) is 0 Å². The molecule has 0 fully saturated rings. The van der Waals surface area contributed by atoms with Crippen LogP contribution < -0.4 is 10.6 Å². The Hall–Kier alpha value is -1.56. The molecule has 1 aliphatic rings. The van der Waals surface area contributed by atoms with Gasteiger partial charge in [0, 0.05) is 23.6 Å². The summed E-state index contributed by atoms with van der Waals surface area (Å²) in [6.45, 7) is 7.76. The van der Waals surface area contributed by atoms with E-state index in [1.807, 2.05) is 17.0 Å². The molecule has 0 bridgehead atoms. The molecule has 0 unspecified atom stereocenters. The molecule has 1 aromatic rings. The van der Waals surface area contributed by atoms with Gasteiger partial charge in [-0.2, -0.15) is 0 Å². The fourth-order valence-corrected chi connectivity index (χ4v) is 2.60. The van der Waals surface area contributed by atoms with Gasteiger partial charge >= 0.3 is 6.09 Å². The van der Waals surface area contributed by atoms with Crippen LogP contribution in [0.15, 0.2) is 22.7 Å². The Morgan fingerprint density at radius 3 is 2.41 bits per heavy atom. The van der Waals surface area contributed by atoms with Crippen molar-refractivity contribution in [1.29, 1.82) is 0 Å². The fourth-order valence-electron chi connectivity index (χ4n) is 2.19. The lowest BCUT2D eigenvalue weighted by molar-refractivity contribution is -0.116. The van der Waals surface area contributed by atoms with E-state index < -0.39 is 11.7 Å². The van der Waals surface area contributed by atoms with E-state index in [-0.39, 0.29) is 5.91 Å². The Morgan fingerprint density at radius 1 is 1.32 bits per heavy atom. The summed E-state index contributed by atoms with van der Waals surface area (Å²) >= 11 is 3.44. The number of hydrogen-bond acceptors (Lipinski definition) is 3. The highest BCUT2D eigenvalue weighted by molar-refractivity contribution is 9.10. The number of nitrogens with zero attached hydrogens (tertiary/aromatic N) is 1. The Kier molecular flexibility index (Phi) is 6.41. The Morgan fingerprint density at radius 2 is 1.95 bits per heavy atom. The number of carbonyl (C=O) groups excluding carboxylic acids is 2. The van der Waals surface area contributed by atoms with Crippen LogP contribution in [-0.2, 0) is 16.0 Å². The molecule has 1 aliphatic heterocycles. The zero-order chi connectivity index (χ0) is 16.9. The molecule has 5 nitrogen and oxygen atoms in total. The van der Waals surface area contributed by atoms with Gasteiger partial charge in [-0.15, -0.1) is 0 Å². The normalized spacial score (nSPS) is 13.6. The molecule has 0 saturated carbocycles. The number of primary amides is 1. The summed E-state index contributed by atoms with van der Waals surface area (Å²) in [6, 6.07) is 6.10. The fraction of sp³-hybridized carbons (Fsp3) is 0.500. The standard InChI is InChI=1S/C11H12BrNO.C5H11NO2/c1-8(14)13-6-2-3-9-7-10(12)4-5-11(9)13;1-5(2,3)8-4(6)7/h4-5,7H,2-3,6H2,1H3;1-3H3,(H2,6,7). The highest BCUT2D eigenvalue weighted by Crippen LogP contribution is 2.29. The van der Waals surface area contributed by atoms with Gasteiger partial charge in [0.2, 0.25) is 5.91 Å². The van der Waals surface area contributed by atoms with Crippen molar-refractivity contribution in [2.75, 3.05) is 11.4 Å². The number of hydrogen-bond donors (Lipinski definition) is 1. The number of halogens is 1. The zero-order valence-corrected chi connectivity index (χ0v) is 15.1. The van der Waals surface area contributed by atoms with Crippen molar-refractivity contribution < 1.29 is 14.3 Å². The molecular weight excluding hydrogens is 348 g/mol. The molecule has 0 aliphatic carbocycles. The summed E-state index contributed by atoms with van der Waals surface area (Å²) in [5.41, 5.74) is 6.61. The molecule has 2 amide bonds. The summed E-state index contributed by atoms with van der Waals surface area (Å²) in [5.74, 6) is 0.133. The quantitative estimate of drug-likeness (QED) is 0.757. The van der Waals surface area contributed by atoms with Crippen molar-refractivity contribution in [3.05, 3.63) is 28.2 Å². The van der Waals surface area contributed by atoms with Crippen LogP contribution in [0, 0.1) is 0 Å². The lowest BCUT2D eigenvalue weighted by atomic mass is 10.0. The van der Waals surface area contributed by atoms with Crippen molar-refractivity contribution in [2.45, 2.75) is 46.1 Å². The molecule has 2 rings (SSSR count). The first-order valence-electron chi connectivity index (χ1n) is 7.15. The highest BCUT2D eigenvalue weighted by Gasteiger charge is 2.19. The van der Waals surface area contributed by atoms with Gasteiger partial charge in [0.05, 0.1) is 0 Å². The Labute approximate surface area is 139 Å². The van der Waals surface area contributed by atoms with Crippen LogP contribution in [0.25, 0.3) is 0 Å². The van der Waals surface area contributed by atoms with Crippen molar-refractivity contribution in [2.24, 2.45) is 5.73 Å². The average Bonchev–Trinajstić information content (AvgIpc) is 2.35. The molecule has 0 spiro atoms. The molecule has 0 radical (unpaired) electrons. The molecule has 22 heavy (non-hydrogen) atoms. The van der Waals surface area contributed by atoms with Crippen LogP contribution in [0.4, 0.5) is 10.5 Å². The van der Waals surface area contributed by atoms with E-state index in [1.165, 1.54) is 5.56 Å². The third kappa shape index (κ3) is 6.05. The van der Waals surface area contributed by atoms with Crippen molar-refractivity contribution in [3.8, 4) is 0 Å². The second kappa shape index (κ2) is 7.63. The average molecular weight is 371 g/mol. The number of rotatable bonds is 0. The Bertz CT molecular complexity index is 553. The number of benzene rings is 1. The van der Waals surface area contributed by atoms with E-state index in [0.717, 1.165) is 29.5 Å². The second-order valence-electron chi connectivity index (χ2n) is 6.08. The van der Waals surface area contributed by atoms with Crippen LogP contribution in [0.5, 0.6) is 0 Å². The number of carbonyl (C=O) groups is 2. The third-order valence-corrected chi connectivity index (χ3v) is 3.44. The van der Waals surface area contributed by atoms with Gasteiger partial charge in [-0.3, -0.25) is 4.79 Å². The predicted molar refractivity (Wildman–Crippen MR) is 90.9 cm³/mol. The van der Waals surface area contributed by atoms with Gasteiger partial charge < -0.3 is 15.4 Å². The topological polar surface area (TPSA) is 72.6 Å². The molecule has 0 saturated heterocycles. The van der Waals surface area contributed by atoms with Gasteiger partial charge in [-0.25, -0.2) is 4.79 Å². The SMILES string of the molecule is CC(=O)N1CCCc2cc(Br)ccc21.CC(C)(C)OC(N)=O. The minimum atomic E-state index is -0.725. The lowest BCUT2D eigenvalue weighted by Gasteiger charge is -2.28. The van der Waals surface area contributed by atoms with E-state index in [0.29, 0.717) is 0 Å². The highest BCUT2D eigenvalue weighted by atomic mass is 79.9. The summed E-state index contributed by atoms with van der Waals surface area (Å²) in [6.07, 6.45) is 1.40. The molecule has 0 atom stereocenters. The number of ether oxygens (including phenoxy) is 1. The lowest BCUT2D eigenvalue weighted by Crippen LogP contribution is -2.33. The zero-order valence-electron chi connectivity index (χ0n) is 13.5. The maximum absolute atomic E-state index is 11.4. The molecule has 0 aromatic heterocycles. The van der Waals surface area contributed by atoms with E-state index in [1.54, 1.807) is 27.7 Å². The minimum Gasteiger partial charge on any atom is -0.444 e. The van der Waals surface area contributed by atoms with Gasteiger partial charge in [0.15, 0.2) is 0 Å². The third-order valence-electron chi connectivity index (χ3n) is 2.95.